The van der Waals surface area contributed by atoms with Gasteiger partial charge in [0.2, 0.25) is 0 Å². The van der Waals surface area contributed by atoms with Gasteiger partial charge in [0.15, 0.2) is 0 Å². The number of hydrogen-bond acceptors (Lipinski definition) is 3. The van der Waals surface area contributed by atoms with Crippen LogP contribution in [-0.4, -0.2) is 40.6 Å². The van der Waals surface area contributed by atoms with Crippen LogP contribution in [-0.2, 0) is 13.5 Å². The molecular formula is C12H22N4. The standard InChI is InChI=1S/C12H22N4/c1-15-9-5-14-12(15)4-8-16-6-2-11(10-13)3-7-16/h5,9,11H,2-4,6-8,10,13H2,1H3. The lowest BCUT2D eigenvalue weighted by molar-refractivity contribution is 0.188. The van der Waals surface area contributed by atoms with Gasteiger partial charge in [-0.05, 0) is 38.4 Å². The van der Waals surface area contributed by atoms with Crippen LogP contribution >= 0.6 is 0 Å². The first-order chi connectivity index (χ1) is 7.79. The van der Waals surface area contributed by atoms with Gasteiger partial charge in [0.25, 0.3) is 0 Å². The number of aryl methyl sites for hydroxylation is 1. The molecule has 2 rings (SSSR count). The highest BCUT2D eigenvalue weighted by Crippen LogP contribution is 2.15. The van der Waals surface area contributed by atoms with Gasteiger partial charge in [-0.2, -0.15) is 0 Å². The quantitative estimate of drug-likeness (QED) is 0.813. The predicted octanol–water partition coefficient (Wildman–Crippen LogP) is 0.633. The number of nitrogens with zero attached hydrogens (tertiary/aromatic N) is 3. The molecule has 0 bridgehead atoms. The van der Waals surface area contributed by atoms with Crippen molar-refractivity contribution in [1.82, 2.24) is 14.5 Å². The number of imidazole rings is 1. The van der Waals surface area contributed by atoms with Crippen LogP contribution in [0.15, 0.2) is 12.4 Å². The molecule has 1 aromatic rings. The number of piperidine rings is 1. The number of nitrogens with two attached hydrogens (primary N) is 1. The second kappa shape index (κ2) is 5.46. The van der Waals surface area contributed by atoms with E-state index in [-0.39, 0.29) is 0 Å². The van der Waals surface area contributed by atoms with Gasteiger partial charge in [0.05, 0.1) is 0 Å². The van der Waals surface area contributed by atoms with Crippen molar-refractivity contribution in [3.63, 3.8) is 0 Å². The number of hydrogen-bond donors (Lipinski definition) is 1. The van der Waals surface area contributed by atoms with Crippen molar-refractivity contribution >= 4 is 0 Å². The molecule has 1 saturated heterocycles. The van der Waals surface area contributed by atoms with Crippen LogP contribution in [0.1, 0.15) is 18.7 Å². The summed E-state index contributed by atoms with van der Waals surface area (Å²) in [6.45, 7) is 4.38. The summed E-state index contributed by atoms with van der Waals surface area (Å²) in [5.74, 6) is 1.94. The molecular weight excluding hydrogens is 200 g/mol. The first-order valence-electron chi connectivity index (χ1n) is 6.18. The Morgan fingerprint density at radius 3 is 2.75 bits per heavy atom. The first-order valence-corrected chi connectivity index (χ1v) is 6.18. The molecule has 90 valence electrons. The van der Waals surface area contributed by atoms with Crippen LogP contribution in [0.5, 0.6) is 0 Å². The molecule has 0 unspecified atom stereocenters. The maximum Gasteiger partial charge on any atom is 0.109 e. The Bertz CT molecular complexity index is 313. The van der Waals surface area contributed by atoms with Crippen LogP contribution in [0.4, 0.5) is 0 Å². The highest BCUT2D eigenvalue weighted by molar-refractivity contribution is 4.92. The minimum atomic E-state index is 0.754. The van der Waals surface area contributed by atoms with Gasteiger partial charge in [0.1, 0.15) is 5.82 Å². The van der Waals surface area contributed by atoms with Crippen molar-refractivity contribution in [1.29, 1.82) is 0 Å². The Balaban J connectivity index is 1.73. The largest absolute Gasteiger partial charge is 0.338 e. The highest BCUT2D eigenvalue weighted by atomic mass is 15.1. The summed E-state index contributed by atoms with van der Waals surface area (Å²) in [6, 6.07) is 0. The van der Waals surface area contributed by atoms with Gasteiger partial charge in [-0.3, -0.25) is 0 Å². The van der Waals surface area contributed by atoms with E-state index in [1.54, 1.807) is 0 Å². The van der Waals surface area contributed by atoms with Crippen molar-refractivity contribution in [2.24, 2.45) is 18.7 Å². The van der Waals surface area contributed by atoms with Crippen molar-refractivity contribution in [3.8, 4) is 0 Å². The van der Waals surface area contributed by atoms with E-state index in [0.29, 0.717) is 0 Å². The Labute approximate surface area is 97.4 Å². The molecule has 0 saturated carbocycles. The molecule has 0 amide bonds. The average molecular weight is 222 g/mol. The van der Waals surface area contributed by atoms with E-state index >= 15 is 0 Å². The van der Waals surface area contributed by atoms with Crippen molar-refractivity contribution in [2.75, 3.05) is 26.2 Å². The summed E-state index contributed by atoms with van der Waals surface area (Å²) in [5, 5.41) is 0. The molecule has 0 aliphatic carbocycles. The van der Waals surface area contributed by atoms with Crippen LogP contribution in [0.25, 0.3) is 0 Å². The fourth-order valence-electron chi connectivity index (χ4n) is 2.34. The van der Waals surface area contributed by atoms with E-state index in [0.717, 1.165) is 25.4 Å². The average Bonchev–Trinajstić information content (AvgIpc) is 2.73. The van der Waals surface area contributed by atoms with E-state index in [4.69, 9.17) is 5.73 Å². The van der Waals surface area contributed by atoms with E-state index in [2.05, 4.69) is 21.5 Å². The lowest BCUT2D eigenvalue weighted by Gasteiger charge is -2.31. The third-order valence-corrected chi connectivity index (χ3v) is 3.61. The predicted molar refractivity (Wildman–Crippen MR) is 65.1 cm³/mol. The minimum Gasteiger partial charge on any atom is -0.338 e. The SMILES string of the molecule is Cn1ccnc1CCN1CCC(CN)CC1. The number of rotatable bonds is 4. The van der Waals surface area contributed by atoms with Crippen molar-refractivity contribution in [2.45, 2.75) is 19.3 Å². The van der Waals surface area contributed by atoms with Crippen LogP contribution < -0.4 is 5.73 Å². The minimum absolute atomic E-state index is 0.754. The first kappa shape index (κ1) is 11.6. The van der Waals surface area contributed by atoms with Crippen LogP contribution in [0, 0.1) is 5.92 Å². The summed E-state index contributed by atoms with van der Waals surface area (Å²) < 4.78 is 2.10. The van der Waals surface area contributed by atoms with Crippen LogP contribution in [0.3, 0.4) is 0 Å². The Kier molecular flexibility index (Phi) is 3.96. The zero-order valence-corrected chi connectivity index (χ0v) is 10.1. The van der Waals surface area contributed by atoms with Crippen molar-refractivity contribution in [3.05, 3.63) is 18.2 Å². The van der Waals surface area contributed by atoms with E-state index in [9.17, 15) is 0 Å². The number of aromatic nitrogens is 2. The Morgan fingerprint density at radius 1 is 1.44 bits per heavy atom. The second-order valence-electron chi connectivity index (χ2n) is 4.73. The van der Waals surface area contributed by atoms with Gasteiger partial charge in [-0.1, -0.05) is 0 Å². The van der Waals surface area contributed by atoms with Gasteiger partial charge in [-0.25, -0.2) is 4.98 Å². The lowest BCUT2D eigenvalue weighted by atomic mass is 9.97. The molecule has 0 spiro atoms. The lowest BCUT2D eigenvalue weighted by Crippen LogP contribution is -2.37. The maximum atomic E-state index is 5.69. The summed E-state index contributed by atoms with van der Waals surface area (Å²) in [4.78, 5) is 6.88. The smallest absolute Gasteiger partial charge is 0.109 e. The van der Waals surface area contributed by atoms with Gasteiger partial charge < -0.3 is 15.2 Å². The summed E-state index contributed by atoms with van der Waals surface area (Å²) in [7, 11) is 2.06. The molecule has 1 aliphatic heterocycles. The van der Waals surface area contributed by atoms with Gasteiger partial charge in [0, 0.05) is 32.4 Å². The molecule has 0 radical (unpaired) electrons. The summed E-state index contributed by atoms with van der Waals surface area (Å²) in [6.07, 6.45) is 7.46. The molecule has 4 heteroatoms. The molecule has 16 heavy (non-hydrogen) atoms. The molecule has 0 aromatic carbocycles. The second-order valence-corrected chi connectivity index (χ2v) is 4.73. The highest BCUT2D eigenvalue weighted by Gasteiger charge is 2.17. The summed E-state index contributed by atoms with van der Waals surface area (Å²) in [5.41, 5.74) is 5.69. The molecule has 2 N–H and O–H groups in total. The monoisotopic (exact) mass is 222 g/mol. The normalized spacial score (nSPS) is 19.1. The van der Waals surface area contributed by atoms with E-state index in [1.807, 2.05) is 12.4 Å². The molecule has 0 atom stereocenters. The maximum absolute atomic E-state index is 5.69. The fraction of sp³-hybridized carbons (Fsp3) is 0.750. The van der Waals surface area contributed by atoms with Gasteiger partial charge in [-0.15, -0.1) is 0 Å². The van der Waals surface area contributed by atoms with E-state index in [1.165, 1.54) is 31.8 Å². The molecule has 1 fully saturated rings. The molecule has 1 aliphatic rings. The zero-order chi connectivity index (χ0) is 11.4. The van der Waals surface area contributed by atoms with Crippen LogP contribution in [0.2, 0.25) is 0 Å². The zero-order valence-electron chi connectivity index (χ0n) is 10.1. The van der Waals surface area contributed by atoms with Gasteiger partial charge >= 0.3 is 0 Å². The molecule has 4 nitrogen and oxygen atoms in total. The Hall–Kier alpha value is -0.870. The third-order valence-electron chi connectivity index (χ3n) is 3.61. The third kappa shape index (κ3) is 2.83. The molecule has 1 aromatic heterocycles. The van der Waals surface area contributed by atoms with Crippen molar-refractivity contribution < 1.29 is 0 Å². The van der Waals surface area contributed by atoms with E-state index < -0.39 is 0 Å². The summed E-state index contributed by atoms with van der Waals surface area (Å²) >= 11 is 0. The Morgan fingerprint density at radius 2 is 2.19 bits per heavy atom. The topological polar surface area (TPSA) is 47.1 Å². The molecule has 2 heterocycles. The fourth-order valence-corrected chi connectivity index (χ4v) is 2.34. The number of likely N-dealkylation sites (tertiary alicyclic amines) is 1.